The first-order valence-corrected chi connectivity index (χ1v) is 8.54. The predicted octanol–water partition coefficient (Wildman–Crippen LogP) is 2.38. The van der Waals surface area contributed by atoms with Gasteiger partial charge in [-0.1, -0.05) is 33.1 Å². The number of likely N-dealkylation sites (N-methyl/N-ethyl adjacent to an activating group) is 1. The molecule has 0 heterocycles. The van der Waals surface area contributed by atoms with E-state index >= 15 is 0 Å². The van der Waals surface area contributed by atoms with E-state index < -0.39 is 0 Å². The highest BCUT2D eigenvalue weighted by molar-refractivity contribution is 5.76. The van der Waals surface area contributed by atoms with Gasteiger partial charge in [-0.25, -0.2) is 0 Å². The molecule has 0 spiro atoms. The van der Waals surface area contributed by atoms with Crippen molar-refractivity contribution in [3.63, 3.8) is 0 Å². The Morgan fingerprint density at radius 2 is 1.86 bits per heavy atom. The number of carbonyl (C=O) groups excluding carboxylic acids is 1. The molecule has 4 nitrogen and oxygen atoms in total. The van der Waals surface area contributed by atoms with Crippen LogP contribution in [0.4, 0.5) is 0 Å². The maximum atomic E-state index is 12.2. The lowest BCUT2D eigenvalue weighted by atomic mass is 9.80. The molecule has 0 aromatic carbocycles. The number of nitrogens with one attached hydrogen (secondary N) is 1. The fourth-order valence-electron chi connectivity index (χ4n) is 3.52. The molecular formula is C17H35N3O. The second-order valence-electron chi connectivity index (χ2n) is 7.39. The standard InChI is InChI=1S/C17H35N3O/c1-14(2)10-15(12-18)11-16(21)19-13-17(20(3)4)8-6-5-7-9-17/h14-15H,5-13,18H2,1-4H3,(H,19,21). The molecule has 21 heavy (non-hydrogen) atoms. The lowest BCUT2D eigenvalue weighted by Gasteiger charge is -2.43. The first-order chi connectivity index (χ1) is 9.89. The lowest BCUT2D eigenvalue weighted by Crippen LogP contribution is -2.54. The van der Waals surface area contributed by atoms with Crippen molar-refractivity contribution in [1.82, 2.24) is 10.2 Å². The van der Waals surface area contributed by atoms with Gasteiger partial charge in [0.15, 0.2) is 0 Å². The Hall–Kier alpha value is -0.610. The molecule has 124 valence electrons. The Morgan fingerprint density at radius 3 is 2.33 bits per heavy atom. The Morgan fingerprint density at radius 1 is 1.24 bits per heavy atom. The third-order valence-electron chi connectivity index (χ3n) is 4.96. The largest absolute Gasteiger partial charge is 0.354 e. The number of nitrogens with two attached hydrogens (primary N) is 1. The van der Waals surface area contributed by atoms with Gasteiger partial charge in [0, 0.05) is 18.5 Å². The molecule has 0 aromatic heterocycles. The maximum absolute atomic E-state index is 12.2. The molecule has 1 aliphatic rings. The van der Waals surface area contributed by atoms with E-state index in [0.29, 0.717) is 24.8 Å². The van der Waals surface area contributed by atoms with E-state index in [2.05, 4.69) is 38.2 Å². The van der Waals surface area contributed by atoms with Crippen LogP contribution in [0.15, 0.2) is 0 Å². The van der Waals surface area contributed by atoms with Crippen LogP contribution in [-0.2, 0) is 4.79 Å². The van der Waals surface area contributed by atoms with E-state index in [4.69, 9.17) is 5.73 Å². The number of amides is 1. The molecule has 1 rings (SSSR count). The maximum Gasteiger partial charge on any atom is 0.220 e. The average Bonchev–Trinajstić information content (AvgIpc) is 2.44. The van der Waals surface area contributed by atoms with Gasteiger partial charge in [-0.2, -0.15) is 0 Å². The third-order valence-corrected chi connectivity index (χ3v) is 4.96. The SMILES string of the molecule is CC(C)CC(CN)CC(=O)NCC1(N(C)C)CCCCC1. The van der Waals surface area contributed by atoms with E-state index in [1.807, 2.05) is 0 Å². The highest BCUT2D eigenvalue weighted by Crippen LogP contribution is 2.31. The smallest absolute Gasteiger partial charge is 0.220 e. The van der Waals surface area contributed by atoms with Crippen molar-refractivity contribution in [1.29, 1.82) is 0 Å². The van der Waals surface area contributed by atoms with Gasteiger partial charge in [0.25, 0.3) is 0 Å². The van der Waals surface area contributed by atoms with Gasteiger partial charge in [0.2, 0.25) is 5.91 Å². The second kappa shape index (κ2) is 8.74. The first-order valence-electron chi connectivity index (χ1n) is 8.54. The van der Waals surface area contributed by atoms with Crippen molar-refractivity contribution in [2.24, 2.45) is 17.6 Å². The summed E-state index contributed by atoms with van der Waals surface area (Å²) in [4.78, 5) is 14.5. The summed E-state index contributed by atoms with van der Waals surface area (Å²) >= 11 is 0. The first kappa shape index (κ1) is 18.4. The van der Waals surface area contributed by atoms with Crippen LogP contribution >= 0.6 is 0 Å². The van der Waals surface area contributed by atoms with Crippen LogP contribution in [0.3, 0.4) is 0 Å². The van der Waals surface area contributed by atoms with Crippen LogP contribution in [-0.4, -0.2) is 43.5 Å². The van der Waals surface area contributed by atoms with E-state index in [1.54, 1.807) is 0 Å². The molecule has 1 amide bonds. The Kier molecular flexibility index (Phi) is 7.67. The minimum absolute atomic E-state index is 0.157. The van der Waals surface area contributed by atoms with E-state index in [0.717, 1.165) is 13.0 Å². The summed E-state index contributed by atoms with van der Waals surface area (Å²) in [5.74, 6) is 1.07. The summed E-state index contributed by atoms with van der Waals surface area (Å²) in [5, 5.41) is 3.18. The fourth-order valence-corrected chi connectivity index (χ4v) is 3.52. The molecule has 1 fully saturated rings. The van der Waals surface area contributed by atoms with Crippen molar-refractivity contribution >= 4 is 5.91 Å². The molecule has 4 heteroatoms. The molecule has 0 bridgehead atoms. The zero-order valence-electron chi connectivity index (χ0n) is 14.5. The lowest BCUT2D eigenvalue weighted by molar-refractivity contribution is -0.122. The minimum Gasteiger partial charge on any atom is -0.354 e. The molecule has 0 aliphatic heterocycles. The molecule has 0 saturated heterocycles. The predicted molar refractivity (Wildman–Crippen MR) is 89.1 cm³/mol. The van der Waals surface area contributed by atoms with Gasteiger partial charge in [0.05, 0.1) is 0 Å². The van der Waals surface area contributed by atoms with Crippen molar-refractivity contribution in [2.75, 3.05) is 27.2 Å². The monoisotopic (exact) mass is 297 g/mol. The second-order valence-corrected chi connectivity index (χ2v) is 7.39. The number of rotatable bonds is 8. The van der Waals surface area contributed by atoms with Gasteiger partial charge >= 0.3 is 0 Å². The highest BCUT2D eigenvalue weighted by Gasteiger charge is 2.34. The normalized spacial score (nSPS) is 19.8. The van der Waals surface area contributed by atoms with E-state index in [1.165, 1.54) is 32.1 Å². The van der Waals surface area contributed by atoms with Crippen LogP contribution in [0.2, 0.25) is 0 Å². The van der Waals surface area contributed by atoms with Crippen LogP contribution in [0.5, 0.6) is 0 Å². The Labute approximate surface area is 130 Å². The molecule has 0 aromatic rings. The summed E-state index contributed by atoms with van der Waals surface area (Å²) in [6.45, 7) is 5.75. The van der Waals surface area contributed by atoms with Gasteiger partial charge in [-0.3, -0.25) is 4.79 Å². The van der Waals surface area contributed by atoms with Crippen LogP contribution < -0.4 is 11.1 Å². The Bertz CT molecular complexity index is 309. The molecular weight excluding hydrogens is 262 g/mol. The number of carbonyl (C=O) groups is 1. The third kappa shape index (κ3) is 5.95. The summed E-state index contributed by atoms with van der Waals surface area (Å²) in [6.07, 6.45) is 7.84. The Balaban J connectivity index is 2.46. The van der Waals surface area contributed by atoms with Gasteiger partial charge in [0.1, 0.15) is 0 Å². The molecule has 1 saturated carbocycles. The van der Waals surface area contributed by atoms with Gasteiger partial charge < -0.3 is 16.0 Å². The number of nitrogens with zero attached hydrogens (tertiary/aromatic N) is 1. The average molecular weight is 297 g/mol. The van der Waals surface area contributed by atoms with Crippen molar-refractivity contribution in [2.45, 2.75) is 64.3 Å². The minimum atomic E-state index is 0.157. The fraction of sp³-hybridized carbons (Fsp3) is 0.941. The summed E-state index contributed by atoms with van der Waals surface area (Å²) in [5.41, 5.74) is 5.95. The van der Waals surface area contributed by atoms with Gasteiger partial charge in [-0.05, 0) is 51.7 Å². The van der Waals surface area contributed by atoms with Crippen LogP contribution in [0, 0.1) is 11.8 Å². The molecule has 1 atom stereocenters. The van der Waals surface area contributed by atoms with Gasteiger partial charge in [-0.15, -0.1) is 0 Å². The van der Waals surface area contributed by atoms with Crippen LogP contribution in [0.1, 0.15) is 58.8 Å². The van der Waals surface area contributed by atoms with Crippen molar-refractivity contribution in [3.05, 3.63) is 0 Å². The topological polar surface area (TPSA) is 58.4 Å². The van der Waals surface area contributed by atoms with E-state index in [-0.39, 0.29) is 11.4 Å². The van der Waals surface area contributed by atoms with Crippen molar-refractivity contribution in [3.8, 4) is 0 Å². The molecule has 0 radical (unpaired) electrons. The number of hydrogen-bond donors (Lipinski definition) is 2. The van der Waals surface area contributed by atoms with E-state index in [9.17, 15) is 4.79 Å². The molecule has 1 aliphatic carbocycles. The molecule has 1 unspecified atom stereocenters. The zero-order valence-corrected chi connectivity index (χ0v) is 14.5. The quantitative estimate of drug-likeness (QED) is 0.723. The zero-order chi connectivity index (χ0) is 15.9. The number of hydrogen-bond acceptors (Lipinski definition) is 3. The summed E-state index contributed by atoms with van der Waals surface area (Å²) < 4.78 is 0. The summed E-state index contributed by atoms with van der Waals surface area (Å²) in [7, 11) is 4.28. The van der Waals surface area contributed by atoms with Crippen LogP contribution in [0.25, 0.3) is 0 Å². The highest BCUT2D eigenvalue weighted by atomic mass is 16.1. The molecule has 3 N–H and O–H groups in total. The summed E-state index contributed by atoms with van der Waals surface area (Å²) in [6, 6.07) is 0. The van der Waals surface area contributed by atoms with Crippen molar-refractivity contribution < 1.29 is 4.79 Å².